The smallest absolute Gasteiger partial charge is 0.128 e. The van der Waals surface area contributed by atoms with Gasteiger partial charge in [-0.3, -0.25) is 0 Å². The molecular weight excluding hydrogens is 186 g/mol. The molecule has 4 heteroatoms. The van der Waals surface area contributed by atoms with E-state index in [-0.39, 0.29) is 6.04 Å². The van der Waals surface area contributed by atoms with Gasteiger partial charge in [0.15, 0.2) is 0 Å². The first-order valence-electron chi connectivity index (χ1n) is 4.64. The van der Waals surface area contributed by atoms with Crippen LogP contribution in [0.25, 0.3) is 0 Å². The van der Waals surface area contributed by atoms with Crippen molar-refractivity contribution in [3.63, 3.8) is 0 Å². The zero-order chi connectivity index (χ0) is 9.42. The molecule has 0 saturated carbocycles. The highest BCUT2D eigenvalue weighted by molar-refractivity contribution is 6.29. The Morgan fingerprint density at radius 1 is 1.77 bits per heavy atom. The molecule has 2 atom stereocenters. The number of halogens is 1. The Morgan fingerprint density at radius 3 is 3.23 bits per heavy atom. The van der Waals surface area contributed by atoms with E-state index in [0.29, 0.717) is 5.92 Å². The number of aryl methyl sites for hydroxylation is 1. The van der Waals surface area contributed by atoms with E-state index in [0.717, 1.165) is 30.4 Å². The lowest BCUT2D eigenvalue weighted by molar-refractivity contribution is 0.321. The standard InChI is InChI=1S/C9H14ClN3/c1-6(11)7-2-3-9-12-4-8(10)13(9)5-7/h4,6-7H,2-3,5,11H2,1H3. The Hall–Kier alpha value is -0.540. The quantitative estimate of drug-likeness (QED) is 0.744. The van der Waals surface area contributed by atoms with Crippen LogP contribution in [0.2, 0.25) is 5.15 Å². The first kappa shape index (κ1) is 9.03. The van der Waals surface area contributed by atoms with E-state index in [1.165, 1.54) is 0 Å². The number of aromatic nitrogens is 2. The maximum atomic E-state index is 5.99. The Morgan fingerprint density at radius 2 is 2.54 bits per heavy atom. The van der Waals surface area contributed by atoms with Gasteiger partial charge in [0.05, 0.1) is 6.20 Å². The summed E-state index contributed by atoms with van der Waals surface area (Å²) in [6, 6.07) is 0.242. The second-order valence-corrected chi connectivity index (χ2v) is 4.15. The molecule has 2 unspecified atom stereocenters. The molecule has 0 aliphatic carbocycles. The largest absolute Gasteiger partial charge is 0.328 e. The summed E-state index contributed by atoms with van der Waals surface area (Å²) in [6.45, 7) is 2.98. The van der Waals surface area contributed by atoms with Crippen LogP contribution >= 0.6 is 11.6 Å². The molecule has 1 aromatic rings. The number of nitrogens with two attached hydrogens (primary N) is 1. The number of hydrogen-bond acceptors (Lipinski definition) is 2. The highest BCUT2D eigenvalue weighted by atomic mass is 35.5. The predicted octanol–water partition coefficient (Wildman–Crippen LogP) is 1.45. The van der Waals surface area contributed by atoms with E-state index >= 15 is 0 Å². The van der Waals surface area contributed by atoms with Gasteiger partial charge in [0.2, 0.25) is 0 Å². The summed E-state index contributed by atoms with van der Waals surface area (Å²) in [5.41, 5.74) is 5.87. The van der Waals surface area contributed by atoms with Crippen LogP contribution in [0.1, 0.15) is 19.2 Å². The minimum absolute atomic E-state index is 0.242. The summed E-state index contributed by atoms with van der Waals surface area (Å²) in [5, 5.41) is 0.736. The van der Waals surface area contributed by atoms with Crippen molar-refractivity contribution in [1.29, 1.82) is 0 Å². The third-order valence-corrected chi connectivity index (χ3v) is 3.09. The monoisotopic (exact) mass is 199 g/mol. The zero-order valence-corrected chi connectivity index (χ0v) is 8.46. The second-order valence-electron chi connectivity index (χ2n) is 3.77. The normalized spacial score (nSPS) is 24.1. The van der Waals surface area contributed by atoms with Crippen LogP contribution in [0.15, 0.2) is 6.20 Å². The molecule has 0 radical (unpaired) electrons. The van der Waals surface area contributed by atoms with Crippen molar-refractivity contribution in [3.05, 3.63) is 17.2 Å². The molecule has 0 saturated heterocycles. The van der Waals surface area contributed by atoms with Crippen LogP contribution in [0, 0.1) is 5.92 Å². The maximum absolute atomic E-state index is 5.99. The lowest BCUT2D eigenvalue weighted by Crippen LogP contribution is -2.33. The van der Waals surface area contributed by atoms with Crippen LogP contribution in [-0.4, -0.2) is 15.6 Å². The number of imidazole rings is 1. The summed E-state index contributed by atoms with van der Waals surface area (Å²) in [7, 11) is 0. The van der Waals surface area contributed by atoms with Crippen LogP contribution < -0.4 is 5.73 Å². The molecule has 0 bridgehead atoms. The molecule has 0 fully saturated rings. The minimum Gasteiger partial charge on any atom is -0.328 e. The van der Waals surface area contributed by atoms with Crippen molar-refractivity contribution in [1.82, 2.24) is 9.55 Å². The van der Waals surface area contributed by atoms with E-state index in [9.17, 15) is 0 Å². The molecule has 1 aliphatic heterocycles. The Balaban J connectivity index is 2.22. The lowest BCUT2D eigenvalue weighted by Gasteiger charge is -2.26. The van der Waals surface area contributed by atoms with Crippen LogP contribution in [0.4, 0.5) is 0 Å². The van der Waals surface area contributed by atoms with E-state index in [2.05, 4.69) is 16.5 Å². The number of rotatable bonds is 1. The fraction of sp³-hybridized carbons (Fsp3) is 0.667. The fourth-order valence-corrected chi connectivity index (χ4v) is 2.07. The van der Waals surface area contributed by atoms with E-state index in [4.69, 9.17) is 17.3 Å². The molecule has 72 valence electrons. The van der Waals surface area contributed by atoms with Gasteiger partial charge in [-0.1, -0.05) is 11.6 Å². The van der Waals surface area contributed by atoms with E-state index in [1.54, 1.807) is 6.20 Å². The number of hydrogen-bond donors (Lipinski definition) is 1. The molecule has 2 heterocycles. The average molecular weight is 200 g/mol. The van der Waals surface area contributed by atoms with Gasteiger partial charge < -0.3 is 10.3 Å². The predicted molar refractivity (Wildman–Crippen MR) is 52.7 cm³/mol. The van der Waals surface area contributed by atoms with Crippen molar-refractivity contribution in [2.75, 3.05) is 0 Å². The zero-order valence-electron chi connectivity index (χ0n) is 7.70. The van der Waals surface area contributed by atoms with Gasteiger partial charge >= 0.3 is 0 Å². The SMILES string of the molecule is CC(N)C1CCc2ncc(Cl)n2C1. The summed E-state index contributed by atoms with van der Waals surface area (Å²) in [5.74, 6) is 1.64. The average Bonchev–Trinajstić information content (AvgIpc) is 2.47. The molecule has 2 rings (SSSR count). The first-order valence-corrected chi connectivity index (χ1v) is 5.01. The fourth-order valence-electron chi connectivity index (χ4n) is 1.85. The molecule has 0 spiro atoms. The third kappa shape index (κ3) is 1.58. The van der Waals surface area contributed by atoms with Crippen molar-refractivity contribution < 1.29 is 0 Å². The van der Waals surface area contributed by atoms with Crippen LogP contribution in [0.5, 0.6) is 0 Å². The summed E-state index contributed by atoms with van der Waals surface area (Å²) in [6.07, 6.45) is 3.85. The molecule has 1 aliphatic rings. The minimum atomic E-state index is 0.242. The van der Waals surface area contributed by atoms with Crippen molar-refractivity contribution >= 4 is 11.6 Å². The second kappa shape index (κ2) is 3.31. The van der Waals surface area contributed by atoms with Crippen LogP contribution in [-0.2, 0) is 13.0 Å². The third-order valence-electron chi connectivity index (χ3n) is 2.79. The van der Waals surface area contributed by atoms with Gasteiger partial charge in [-0.05, 0) is 19.3 Å². The van der Waals surface area contributed by atoms with Gasteiger partial charge in [0.25, 0.3) is 0 Å². The number of nitrogens with zero attached hydrogens (tertiary/aromatic N) is 2. The van der Waals surface area contributed by atoms with Gasteiger partial charge in [0.1, 0.15) is 11.0 Å². The highest BCUT2D eigenvalue weighted by Gasteiger charge is 2.23. The molecular formula is C9H14ClN3. The Bertz CT molecular complexity index is 306. The molecule has 2 N–H and O–H groups in total. The molecule has 13 heavy (non-hydrogen) atoms. The van der Waals surface area contributed by atoms with Gasteiger partial charge in [-0.15, -0.1) is 0 Å². The van der Waals surface area contributed by atoms with Crippen LogP contribution in [0.3, 0.4) is 0 Å². The summed E-state index contributed by atoms with van der Waals surface area (Å²) < 4.78 is 2.07. The Labute approximate surface area is 82.9 Å². The summed E-state index contributed by atoms with van der Waals surface area (Å²) in [4.78, 5) is 4.24. The van der Waals surface area contributed by atoms with Crippen molar-refractivity contribution in [2.24, 2.45) is 11.7 Å². The maximum Gasteiger partial charge on any atom is 0.128 e. The Kier molecular flexibility index (Phi) is 2.30. The van der Waals surface area contributed by atoms with E-state index < -0.39 is 0 Å². The van der Waals surface area contributed by atoms with Gasteiger partial charge in [-0.25, -0.2) is 4.98 Å². The molecule has 1 aromatic heterocycles. The molecule has 3 nitrogen and oxygen atoms in total. The number of fused-ring (bicyclic) bond motifs is 1. The first-order chi connectivity index (χ1) is 6.18. The molecule has 0 amide bonds. The molecule has 0 aromatic carbocycles. The van der Waals surface area contributed by atoms with E-state index in [1.807, 2.05) is 0 Å². The van der Waals surface area contributed by atoms with Crippen molar-refractivity contribution in [2.45, 2.75) is 32.4 Å². The summed E-state index contributed by atoms with van der Waals surface area (Å²) >= 11 is 5.99. The van der Waals surface area contributed by atoms with Crippen molar-refractivity contribution in [3.8, 4) is 0 Å². The van der Waals surface area contributed by atoms with Gasteiger partial charge in [-0.2, -0.15) is 0 Å². The highest BCUT2D eigenvalue weighted by Crippen LogP contribution is 2.24. The topological polar surface area (TPSA) is 43.8 Å². The lowest BCUT2D eigenvalue weighted by atomic mass is 9.93. The van der Waals surface area contributed by atoms with Gasteiger partial charge in [0, 0.05) is 19.0 Å².